The summed E-state index contributed by atoms with van der Waals surface area (Å²) in [4.78, 5) is 26.4. The maximum Gasteiger partial charge on any atom is 0.409 e. The topological polar surface area (TPSA) is 49.9 Å². The fraction of sp³-hybridized carbons (Fsp3) is 0.846. The van der Waals surface area contributed by atoms with Crippen LogP contribution in [0, 0.1) is 0 Å². The van der Waals surface area contributed by atoms with Crippen LogP contribution in [0.1, 0.15) is 33.1 Å². The van der Waals surface area contributed by atoms with E-state index in [1.165, 1.54) is 0 Å². The van der Waals surface area contributed by atoms with Crippen LogP contribution in [0.2, 0.25) is 0 Å². The Labute approximate surface area is 109 Å². The number of rotatable bonds is 6. The van der Waals surface area contributed by atoms with Gasteiger partial charge in [0.2, 0.25) is 0 Å². The molecule has 5 heteroatoms. The number of hydrogen-bond acceptors (Lipinski definition) is 4. The Hall–Kier alpha value is -1.10. The number of nitrogens with zero attached hydrogens (tertiary/aromatic N) is 2. The van der Waals surface area contributed by atoms with E-state index in [0.29, 0.717) is 13.0 Å². The molecule has 1 aliphatic heterocycles. The second-order valence-corrected chi connectivity index (χ2v) is 4.69. The summed E-state index contributed by atoms with van der Waals surface area (Å²) in [5.41, 5.74) is 0. The summed E-state index contributed by atoms with van der Waals surface area (Å²) in [6.45, 7) is 8.20. The molecule has 0 bridgehead atoms. The van der Waals surface area contributed by atoms with Gasteiger partial charge in [0.1, 0.15) is 5.78 Å². The normalized spacial score (nSPS) is 16.7. The number of carbonyl (C=O) groups is 2. The number of carbonyl (C=O) groups excluding carboxylic acids is 2. The van der Waals surface area contributed by atoms with E-state index < -0.39 is 0 Å². The average Bonchev–Trinajstić information content (AvgIpc) is 2.35. The molecule has 104 valence electrons. The molecule has 5 nitrogen and oxygen atoms in total. The van der Waals surface area contributed by atoms with Crippen molar-refractivity contribution in [3.63, 3.8) is 0 Å². The van der Waals surface area contributed by atoms with Gasteiger partial charge in [-0.1, -0.05) is 0 Å². The minimum Gasteiger partial charge on any atom is -0.450 e. The zero-order chi connectivity index (χ0) is 13.4. The van der Waals surface area contributed by atoms with Gasteiger partial charge in [-0.3, -0.25) is 4.90 Å². The standard InChI is InChI=1S/C13H24N2O3/c1-3-18-13(17)15-10-8-14(9-11-15)7-5-4-6-12(2)16/h3-11H2,1-2H3. The van der Waals surface area contributed by atoms with Crippen molar-refractivity contribution in [3.05, 3.63) is 0 Å². The first kappa shape index (κ1) is 15.0. The first-order valence-electron chi connectivity index (χ1n) is 6.77. The third kappa shape index (κ3) is 5.49. The monoisotopic (exact) mass is 256 g/mol. The third-order valence-corrected chi connectivity index (χ3v) is 3.15. The van der Waals surface area contributed by atoms with Gasteiger partial charge in [0.25, 0.3) is 0 Å². The zero-order valence-corrected chi connectivity index (χ0v) is 11.5. The Morgan fingerprint density at radius 1 is 1.11 bits per heavy atom. The molecule has 1 fully saturated rings. The van der Waals surface area contributed by atoms with Crippen molar-refractivity contribution < 1.29 is 14.3 Å². The highest BCUT2D eigenvalue weighted by Crippen LogP contribution is 2.06. The lowest BCUT2D eigenvalue weighted by molar-refractivity contribution is -0.117. The fourth-order valence-electron chi connectivity index (χ4n) is 2.08. The lowest BCUT2D eigenvalue weighted by Crippen LogP contribution is -2.49. The molecule has 0 aromatic carbocycles. The lowest BCUT2D eigenvalue weighted by Gasteiger charge is -2.33. The second-order valence-electron chi connectivity index (χ2n) is 4.69. The molecule has 1 aliphatic rings. The van der Waals surface area contributed by atoms with E-state index in [2.05, 4.69) is 4.90 Å². The van der Waals surface area contributed by atoms with Crippen LogP contribution in [-0.4, -0.2) is 61.0 Å². The molecule has 0 atom stereocenters. The second kappa shape index (κ2) is 8.08. The first-order chi connectivity index (χ1) is 8.63. The van der Waals surface area contributed by atoms with Gasteiger partial charge >= 0.3 is 6.09 Å². The van der Waals surface area contributed by atoms with Crippen LogP contribution in [0.15, 0.2) is 0 Å². The number of hydrogen-bond donors (Lipinski definition) is 0. The van der Waals surface area contributed by atoms with Gasteiger partial charge in [-0.05, 0) is 33.2 Å². The van der Waals surface area contributed by atoms with Gasteiger partial charge in [0.15, 0.2) is 0 Å². The Bertz CT molecular complexity index is 273. The van der Waals surface area contributed by atoms with Crippen molar-refractivity contribution in [2.45, 2.75) is 33.1 Å². The van der Waals surface area contributed by atoms with Gasteiger partial charge in [-0.2, -0.15) is 0 Å². The van der Waals surface area contributed by atoms with Gasteiger partial charge in [0.05, 0.1) is 6.61 Å². The summed E-state index contributed by atoms with van der Waals surface area (Å²) < 4.78 is 4.97. The minimum atomic E-state index is -0.200. The highest BCUT2D eigenvalue weighted by Gasteiger charge is 2.21. The van der Waals surface area contributed by atoms with Crippen LogP contribution >= 0.6 is 0 Å². The van der Waals surface area contributed by atoms with Gasteiger partial charge in [0, 0.05) is 32.6 Å². The molecule has 0 radical (unpaired) electrons. The van der Waals surface area contributed by atoms with E-state index in [1.54, 1.807) is 11.8 Å². The van der Waals surface area contributed by atoms with Crippen molar-refractivity contribution >= 4 is 11.9 Å². The number of ketones is 1. The van der Waals surface area contributed by atoms with E-state index in [9.17, 15) is 9.59 Å². The van der Waals surface area contributed by atoms with Crippen molar-refractivity contribution in [1.29, 1.82) is 0 Å². The summed E-state index contributed by atoms with van der Waals surface area (Å²) in [6.07, 6.45) is 2.50. The molecule has 1 heterocycles. The van der Waals surface area contributed by atoms with Gasteiger partial charge < -0.3 is 14.4 Å². The van der Waals surface area contributed by atoms with E-state index in [4.69, 9.17) is 4.74 Å². The predicted octanol–water partition coefficient (Wildman–Crippen LogP) is 1.52. The van der Waals surface area contributed by atoms with Crippen molar-refractivity contribution in [3.8, 4) is 0 Å². The summed E-state index contributed by atoms with van der Waals surface area (Å²) in [5, 5.41) is 0. The molecule has 0 aliphatic carbocycles. The Morgan fingerprint density at radius 2 is 1.78 bits per heavy atom. The number of amides is 1. The van der Waals surface area contributed by atoms with Crippen molar-refractivity contribution in [2.24, 2.45) is 0 Å². The maximum atomic E-state index is 11.5. The molecular formula is C13H24N2O3. The summed E-state index contributed by atoms with van der Waals surface area (Å²) in [6, 6.07) is 0. The highest BCUT2D eigenvalue weighted by molar-refractivity contribution is 5.75. The Morgan fingerprint density at radius 3 is 2.33 bits per heavy atom. The van der Waals surface area contributed by atoms with Crippen LogP contribution in [0.4, 0.5) is 4.79 Å². The fourth-order valence-corrected chi connectivity index (χ4v) is 2.08. The SMILES string of the molecule is CCOC(=O)N1CCN(CCCCC(C)=O)CC1. The number of piperazine rings is 1. The molecule has 0 spiro atoms. The van der Waals surface area contributed by atoms with E-state index in [-0.39, 0.29) is 11.9 Å². The van der Waals surface area contributed by atoms with Gasteiger partial charge in [-0.25, -0.2) is 4.79 Å². The molecular weight excluding hydrogens is 232 g/mol. The molecule has 1 amide bonds. The van der Waals surface area contributed by atoms with Crippen LogP contribution in [0.25, 0.3) is 0 Å². The van der Waals surface area contributed by atoms with E-state index >= 15 is 0 Å². The molecule has 18 heavy (non-hydrogen) atoms. The molecule has 1 saturated heterocycles. The molecule has 0 unspecified atom stereocenters. The number of ether oxygens (including phenoxy) is 1. The molecule has 0 aromatic rings. The molecule has 0 saturated carbocycles. The van der Waals surface area contributed by atoms with Crippen molar-refractivity contribution in [2.75, 3.05) is 39.3 Å². The minimum absolute atomic E-state index is 0.200. The smallest absolute Gasteiger partial charge is 0.409 e. The Kier molecular flexibility index (Phi) is 6.72. The summed E-state index contributed by atoms with van der Waals surface area (Å²) in [7, 11) is 0. The highest BCUT2D eigenvalue weighted by atomic mass is 16.6. The first-order valence-corrected chi connectivity index (χ1v) is 6.77. The van der Waals surface area contributed by atoms with Crippen LogP contribution < -0.4 is 0 Å². The number of Topliss-reactive ketones (excluding diaryl/α,β-unsaturated/α-hetero) is 1. The largest absolute Gasteiger partial charge is 0.450 e. The zero-order valence-electron chi connectivity index (χ0n) is 11.5. The number of unbranched alkanes of at least 4 members (excludes halogenated alkanes) is 1. The summed E-state index contributed by atoms with van der Waals surface area (Å²) >= 11 is 0. The molecule has 0 N–H and O–H groups in total. The van der Waals surface area contributed by atoms with Crippen LogP contribution in [-0.2, 0) is 9.53 Å². The maximum absolute atomic E-state index is 11.5. The summed E-state index contributed by atoms with van der Waals surface area (Å²) in [5.74, 6) is 0.266. The van der Waals surface area contributed by atoms with Crippen LogP contribution in [0.5, 0.6) is 0 Å². The van der Waals surface area contributed by atoms with E-state index in [1.807, 2.05) is 6.92 Å². The predicted molar refractivity (Wildman–Crippen MR) is 69.6 cm³/mol. The lowest BCUT2D eigenvalue weighted by atomic mass is 10.2. The average molecular weight is 256 g/mol. The Balaban J connectivity index is 2.11. The third-order valence-electron chi connectivity index (χ3n) is 3.15. The molecule has 1 rings (SSSR count). The van der Waals surface area contributed by atoms with Gasteiger partial charge in [-0.15, -0.1) is 0 Å². The van der Waals surface area contributed by atoms with E-state index in [0.717, 1.165) is 45.6 Å². The van der Waals surface area contributed by atoms with Crippen LogP contribution in [0.3, 0.4) is 0 Å². The molecule has 0 aromatic heterocycles. The van der Waals surface area contributed by atoms with Crippen molar-refractivity contribution in [1.82, 2.24) is 9.80 Å². The quantitative estimate of drug-likeness (QED) is 0.676.